The quantitative estimate of drug-likeness (QED) is 0.0812. The summed E-state index contributed by atoms with van der Waals surface area (Å²) in [7, 11) is 0. The molecule has 12 heteroatoms. The molecular weight excluding hydrogens is 876 g/mol. The van der Waals surface area contributed by atoms with Crippen molar-refractivity contribution in [2.45, 2.75) is 80.8 Å². The predicted molar refractivity (Wildman–Crippen MR) is 208 cm³/mol. The third-order valence-corrected chi connectivity index (χ3v) is 11.9. The Morgan fingerprint density at radius 1 is 0.370 bits per heavy atom. The number of aromatic nitrogens is 3. The van der Waals surface area contributed by atoms with E-state index in [1.54, 1.807) is 0 Å². The van der Waals surface area contributed by atoms with E-state index in [1.807, 2.05) is 18.2 Å². The monoisotopic (exact) mass is 936 g/mol. The molecule has 0 bridgehead atoms. The Kier molecular flexibility index (Phi) is 21.5. The number of quaternary nitrogens is 3. The molecule has 0 radical (unpaired) electrons. The second-order valence-corrected chi connectivity index (χ2v) is 14.3. The Labute approximate surface area is 354 Å². The maximum Gasteiger partial charge on any atom is 0.336 e. The first-order valence-corrected chi connectivity index (χ1v) is 19.2. The van der Waals surface area contributed by atoms with Crippen molar-refractivity contribution in [3.63, 3.8) is 0 Å². The molecule has 0 aliphatic heterocycles. The van der Waals surface area contributed by atoms with Crippen molar-refractivity contribution in [1.82, 2.24) is 13.7 Å². The Balaban J connectivity index is 0.00000486. The number of nitrogens with zero attached hydrogens (tertiary/aromatic N) is 6. The van der Waals surface area contributed by atoms with Gasteiger partial charge in [-0.1, -0.05) is 91.0 Å². The van der Waals surface area contributed by atoms with Crippen molar-refractivity contribution in [3.05, 3.63) is 139 Å². The van der Waals surface area contributed by atoms with Crippen LogP contribution in [-0.2, 0) is 39.3 Å². The fourth-order valence-electron chi connectivity index (χ4n) is 7.63. The van der Waals surface area contributed by atoms with Gasteiger partial charge < -0.3 is 64.4 Å². The summed E-state index contributed by atoms with van der Waals surface area (Å²) < 4.78 is 6.29. The first-order chi connectivity index (χ1) is 24.6. The van der Waals surface area contributed by atoms with Crippen LogP contribution in [-0.4, -0.2) is 86.1 Å². The van der Waals surface area contributed by atoms with Crippen molar-refractivity contribution in [1.29, 1.82) is 0 Å². The van der Waals surface area contributed by atoms with E-state index < -0.39 is 17.1 Å². The van der Waals surface area contributed by atoms with Crippen molar-refractivity contribution >= 4 is 0 Å². The highest BCUT2D eigenvalue weighted by molar-refractivity contribution is 5.15. The number of hydrogen-bond donors (Lipinski definition) is 0. The van der Waals surface area contributed by atoms with Gasteiger partial charge in [-0.25, -0.2) is 28.1 Å². The van der Waals surface area contributed by atoms with Gasteiger partial charge in [0.15, 0.2) is 0 Å². The molecule has 0 aliphatic carbocycles. The largest absolute Gasteiger partial charge is 1.00 e. The van der Waals surface area contributed by atoms with E-state index in [0.717, 1.165) is 72.4 Å². The maximum absolute atomic E-state index is 14.3. The zero-order chi connectivity index (χ0) is 36.9. The van der Waals surface area contributed by atoms with E-state index in [9.17, 15) is 14.4 Å². The zero-order valence-corrected chi connectivity index (χ0v) is 38.1. The van der Waals surface area contributed by atoms with Crippen molar-refractivity contribution in [3.8, 4) is 0 Å². The summed E-state index contributed by atoms with van der Waals surface area (Å²) >= 11 is 0. The molecule has 0 amide bonds. The molecule has 0 N–H and O–H groups in total. The Morgan fingerprint density at radius 3 is 0.759 bits per heavy atom. The van der Waals surface area contributed by atoms with E-state index >= 15 is 0 Å². The van der Waals surface area contributed by atoms with Crippen LogP contribution in [0.3, 0.4) is 0 Å². The molecule has 0 saturated heterocycles. The van der Waals surface area contributed by atoms with Gasteiger partial charge in [0, 0.05) is 16.7 Å². The third-order valence-electron chi connectivity index (χ3n) is 11.9. The van der Waals surface area contributed by atoms with Crippen molar-refractivity contribution in [2.75, 3.05) is 58.9 Å². The lowest BCUT2D eigenvalue weighted by Gasteiger charge is -2.38. The summed E-state index contributed by atoms with van der Waals surface area (Å²) in [4.78, 5) is 42.9. The second kappa shape index (κ2) is 23.5. The van der Waals surface area contributed by atoms with Gasteiger partial charge >= 0.3 is 17.1 Å². The Morgan fingerprint density at radius 2 is 0.574 bits per heavy atom. The van der Waals surface area contributed by atoms with Gasteiger partial charge in [-0.15, -0.1) is 0 Å². The minimum Gasteiger partial charge on any atom is -1.00 e. The molecule has 0 saturated carbocycles. The van der Waals surface area contributed by atoms with Crippen LogP contribution in [0.4, 0.5) is 0 Å². The average Bonchev–Trinajstić information content (AvgIpc) is 3.17. The summed E-state index contributed by atoms with van der Waals surface area (Å²) in [6.07, 6.45) is 0. The molecule has 4 aromatic rings. The number of hydrogen-bond acceptors (Lipinski definition) is 3. The molecule has 9 nitrogen and oxygen atoms in total. The molecule has 1 aromatic heterocycles. The SMILES string of the molecule is CC[N+](CC)(CCn1c(=O)n(CC[N+](CC)(CC)Cc2ccccc2)c(=O)n(CC[N+](CC)(CC)Cc2ccccc2)c1=O)Cc1ccccc1.[Br-].[Br-].[Br-]. The van der Waals surface area contributed by atoms with E-state index in [0.29, 0.717) is 19.6 Å². The molecule has 3 aromatic carbocycles. The van der Waals surface area contributed by atoms with E-state index in [4.69, 9.17) is 0 Å². The Bertz CT molecular complexity index is 1580. The Hall–Kier alpha value is -2.61. The summed E-state index contributed by atoms with van der Waals surface area (Å²) in [6.45, 7) is 23.3. The molecule has 0 fully saturated rings. The maximum atomic E-state index is 14.3. The van der Waals surface area contributed by atoms with Crippen LogP contribution in [0.1, 0.15) is 58.2 Å². The molecule has 54 heavy (non-hydrogen) atoms. The van der Waals surface area contributed by atoms with Gasteiger partial charge in [0.1, 0.15) is 19.6 Å². The highest BCUT2D eigenvalue weighted by Gasteiger charge is 2.30. The molecule has 0 atom stereocenters. The summed E-state index contributed by atoms with van der Waals surface area (Å²) in [5, 5.41) is 0. The van der Waals surface area contributed by atoms with Gasteiger partial charge in [0.25, 0.3) is 0 Å². The van der Waals surface area contributed by atoms with Gasteiger partial charge in [-0.3, -0.25) is 0 Å². The van der Waals surface area contributed by atoms with Crippen LogP contribution in [0.15, 0.2) is 105 Å². The minimum atomic E-state index is -0.493. The standard InChI is InChI=1S/C42H63N6O3.3BrH/c1-7-46(8-2,34-37-22-16-13-17-23-37)31-28-43-40(49)44(29-32-47(9-3,10-4)35-38-24-18-14-19-25-38)42(51)45(41(43)50)30-33-48(11-5,12-6)36-39-26-20-15-21-27-39;;;/h13-27H,7-12,28-36H2,1-6H3;3*1H/q+3;;;/p-3. The average molecular weight is 940 g/mol. The summed E-state index contributed by atoms with van der Waals surface area (Å²) in [5.74, 6) is 0. The number of halogens is 3. The van der Waals surface area contributed by atoms with Gasteiger partial charge in [0.05, 0.1) is 78.5 Å². The lowest BCUT2D eigenvalue weighted by Crippen LogP contribution is -3.00. The fourth-order valence-corrected chi connectivity index (χ4v) is 7.63. The molecule has 300 valence electrons. The van der Waals surface area contributed by atoms with Crippen LogP contribution >= 0.6 is 0 Å². The topological polar surface area (TPSA) is 66.0 Å². The van der Waals surface area contributed by atoms with Gasteiger partial charge in [-0.2, -0.15) is 0 Å². The number of likely N-dealkylation sites (N-methyl/N-ethyl adjacent to an activating group) is 3. The van der Waals surface area contributed by atoms with E-state index in [1.165, 1.54) is 30.4 Å². The molecular formula is C42H63Br3N6O3. The van der Waals surface area contributed by atoms with E-state index in [2.05, 4.69) is 114 Å². The first kappa shape index (κ1) is 49.4. The van der Waals surface area contributed by atoms with Crippen LogP contribution in [0, 0.1) is 0 Å². The van der Waals surface area contributed by atoms with Gasteiger partial charge in [-0.05, 0) is 41.5 Å². The predicted octanol–water partition coefficient (Wildman–Crippen LogP) is -3.65. The minimum absolute atomic E-state index is 0. The summed E-state index contributed by atoms with van der Waals surface area (Å²) in [6, 6.07) is 31.2. The van der Waals surface area contributed by atoms with Crippen LogP contribution in [0.2, 0.25) is 0 Å². The van der Waals surface area contributed by atoms with Gasteiger partial charge in [0.2, 0.25) is 0 Å². The first-order valence-electron chi connectivity index (χ1n) is 19.2. The number of benzene rings is 3. The molecule has 0 aliphatic rings. The molecule has 1 heterocycles. The highest BCUT2D eigenvalue weighted by Crippen LogP contribution is 2.17. The zero-order valence-electron chi connectivity index (χ0n) is 33.3. The van der Waals surface area contributed by atoms with Crippen LogP contribution in [0.5, 0.6) is 0 Å². The van der Waals surface area contributed by atoms with E-state index in [-0.39, 0.29) is 70.6 Å². The lowest BCUT2D eigenvalue weighted by atomic mass is 10.1. The van der Waals surface area contributed by atoms with Crippen molar-refractivity contribution in [2.24, 2.45) is 0 Å². The molecule has 4 rings (SSSR count). The highest BCUT2D eigenvalue weighted by atomic mass is 79.9. The third kappa shape index (κ3) is 12.4. The number of rotatable bonds is 21. The fraction of sp³-hybridized carbons (Fsp3) is 0.500. The van der Waals surface area contributed by atoms with Crippen LogP contribution < -0.4 is 68.0 Å². The van der Waals surface area contributed by atoms with Crippen molar-refractivity contribution < 1.29 is 64.4 Å². The second-order valence-electron chi connectivity index (χ2n) is 14.3. The van der Waals surface area contributed by atoms with Crippen LogP contribution in [0.25, 0.3) is 0 Å². The normalized spacial score (nSPS) is 11.7. The lowest BCUT2D eigenvalue weighted by molar-refractivity contribution is -0.938. The summed E-state index contributed by atoms with van der Waals surface area (Å²) in [5.41, 5.74) is 2.21. The molecule has 0 unspecified atom stereocenters. The smallest absolute Gasteiger partial charge is 0.336 e. The molecule has 0 spiro atoms.